The number of halogens is 1. The number of nitrogen functional groups attached to an aromatic ring is 1. The molecule has 0 atom stereocenters. The summed E-state index contributed by atoms with van der Waals surface area (Å²) in [6.45, 7) is -0.182. The van der Waals surface area contributed by atoms with Gasteiger partial charge in [-0.05, 0) is 18.2 Å². The molecule has 1 aromatic rings. The SMILES string of the molecule is Nc1ccc(NC(=O)CCO)c(Cl)c1. The van der Waals surface area contributed by atoms with E-state index in [9.17, 15) is 4.79 Å². The number of hydrogen-bond donors (Lipinski definition) is 3. The number of carbonyl (C=O) groups is 1. The average Bonchev–Trinajstić information content (AvgIpc) is 2.10. The summed E-state index contributed by atoms with van der Waals surface area (Å²) < 4.78 is 0. The number of benzene rings is 1. The van der Waals surface area contributed by atoms with Crippen molar-refractivity contribution in [3.05, 3.63) is 23.2 Å². The van der Waals surface area contributed by atoms with Crippen LogP contribution in [0.3, 0.4) is 0 Å². The minimum Gasteiger partial charge on any atom is -0.399 e. The zero-order valence-corrected chi connectivity index (χ0v) is 8.21. The molecule has 0 heterocycles. The Balaban J connectivity index is 2.72. The Morgan fingerprint density at radius 2 is 2.29 bits per heavy atom. The predicted molar refractivity (Wildman–Crippen MR) is 56.2 cm³/mol. The maximum atomic E-state index is 11.1. The van der Waals surface area contributed by atoms with Crippen LogP contribution in [0.4, 0.5) is 11.4 Å². The second kappa shape index (κ2) is 4.83. The predicted octanol–water partition coefficient (Wildman–Crippen LogP) is 1.24. The van der Waals surface area contributed by atoms with E-state index in [1.807, 2.05) is 0 Å². The van der Waals surface area contributed by atoms with Gasteiger partial charge in [0.25, 0.3) is 0 Å². The van der Waals surface area contributed by atoms with Gasteiger partial charge in [0, 0.05) is 5.69 Å². The molecule has 0 unspecified atom stereocenters. The van der Waals surface area contributed by atoms with Crippen molar-refractivity contribution in [2.24, 2.45) is 0 Å². The van der Waals surface area contributed by atoms with E-state index in [0.717, 1.165) is 0 Å². The van der Waals surface area contributed by atoms with E-state index in [4.69, 9.17) is 22.4 Å². The highest BCUT2D eigenvalue weighted by Crippen LogP contribution is 2.23. The Bertz CT molecular complexity index is 342. The van der Waals surface area contributed by atoms with Gasteiger partial charge in [-0.25, -0.2) is 0 Å². The zero-order chi connectivity index (χ0) is 10.6. The molecule has 4 nitrogen and oxygen atoms in total. The van der Waals surface area contributed by atoms with Gasteiger partial charge in [0.2, 0.25) is 5.91 Å². The van der Waals surface area contributed by atoms with Gasteiger partial charge in [0.15, 0.2) is 0 Å². The van der Waals surface area contributed by atoms with Crippen LogP contribution < -0.4 is 11.1 Å². The van der Waals surface area contributed by atoms with Gasteiger partial charge in [-0.1, -0.05) is 11.6 Å². The van der Waals surface area contributed by atoms with Gasteiger partial charge < -0.3 is 16.2 Å². The molecule has 1 aromatic carbocycles. The van der Waals surface area contributed by atoms with E-state index in [1.54, 1.807) is 18.2 Å². The van der Waals surface area contributed by atoms with Crippen LogP contribution in [0.1, 0.15) is 6.42 Å². The second-order valence-corrected chi connectivity index (χ2v) is 3.17. The fourth-order valence-electron chi connectivity index (χ4n) is 0.947. The molecule has 4 N–H and O–H groups in total. The van der Waals surface area contributed by atoms with E-state index in [0.29, 0.717) is 16.4 Å². The number of amides is 1. The zero-order valence-electron chi connectivity index (χ0n) is 7.46. The summed E-state index contributed by atoms with van der Waals surface area (Å²) in [5, 5.41) is 11.5. The molecule has 76 valence electrons. The molecule has 0 aromatic heterocycles. The summed E-state index contributed by atoms with van der Waals surface area (Å²) in [5.74, 6) is -0.279. The maximum Gasteiger partial charge on any atom is 0.226 e. The first-order valence-corrected chi connectivity index (χ1v) is 4.47. The molecule has 0 radical (unpaired) electrons. The van der Waals surface area contributed by atoms with Crippen molar-refractivity contribution in [3.63, 3.8) is 0 Å². The van der Waals surface area contributed by atoms with E-state index in [1.165, 1.54) is 0 Å². The van der Waals surface area contributed by atoms with Gasteiger partial charge in [-0.2, -0.15) is 0 Å². The van der Waals surface area contributed by atoms with Crippen molar-refractivity contribution in [1.29, 1.82) is 0 Å². The number of rotatable bonds is 3. The van der Waals surface area contributed by atoms with Crippen LogP contribution in [0.25, 0.3) is 0 Å². The first-order valence-electron chi connectivity index (χ1n) is 4.09. The third-order valence-electron chi connectivity index (χ3n) is 1.61. The van der Waals surface area contributed by atoms with Gasteiger partial charge >= 0.3 is 0 Å². The van der Waals surface area contributed by atoms with E-state index >= 15 is 0 Å². The molecule has 14 heavy (non-hydrogen) atoms. The highest BCUT2D eigenvalue weighted by Gasteiger charge is 2.04. The van der Waals surface area contributed by atoms with Crippen molar-refractivity contribution in [1.82, 2.24) is 0 Å². The molecular weight excluding hydrogens is 204 g/mol. The largest absolute Gasteiger partial charge is 0.399 e. The number of hydrogen-bond acceptors (Lipinski definition) is 3. The van der Waals surface area contributed by atoms with Gasteiger partial charge in [0.05, 0.1) is 23.7 Å². The van der Waals surface area contributed by atoms with Crippen LogP contribution in [0.5, 0.6) is 0 Å². The Labute approximate surface area is 86.7 Å². The molecule has 0 saturated heterocycles. The Morgan fingerprint density at radius 3 is 2.86 bits per heavy atom. The lowest BCUT2D eigenvalue weighted by Crippen LogP contribution is -2.13. The van der Waals surface area contributed by atoms with Crippen LogP contribution in [-0.4, -0.2) is 17.6 Å². The Kier molecular flexibility index (Phi) is 3.73. The van der Waals surface area contributed by atoms with E-state index < -0.39 is 0 Å². The molecule has 0 aliphatic carbocycles. The Morgan fingerprint density at radius 1 is 1.57 bits per heavy atom. The van der Waals surface area contributed by atoms with E-state index in [-0.39, 0.29) is 18.9 Å². The summed E-state index contributed by atoms with van der Waals surface area (Å²) in [5.41, 5.74) is 6.52. The maximum absolute atomic E-state index is 11.1. The van der Waals surface area contributed by atoms with Crippen molar-refractivity contribution in [2.45, 2.75) is 6.42 Å². The minimum atomic E-state index is -0.279. The average molecular weight is 215 g/mol. The number of nitrogens with two attached hydrogens (primary N) is 1. The molecule has 0 bridgehead atoms. The minimum absolute atomic E-state index is 0.0563. The molecule has 0 aliphatic rings. The molecule has 5 heteroatoms. The third kappa shape index (κ3) is 2.90. The lowest BCUT2D eigenvalue weighted by atomic mass is 10.2. The highest BCUT2D eigenvalue weighted by atomic mass is 35.5. The molecule has 1 rings (SSSR count). The van der Waals surface area contributed by atoms with Crippen molar-refractivity contribution < 1.29 is 9.90 Å². The fraction of sp³-hybridized carbons (Fsp3) is 0.222. The van der Waals surface area contributed by atoms with Gasteiger partial charge in [-0.15, -0.1) is 0 Å². The molecule has 0 saturated carbocycles. The fourth-order valence-corrected chi connectivity index (χ4v) is 1.18. The topological polar surface area (TPSA) is 75.3 Å². The van der Waals surface area contributed by atoms with Crippen molar-refractivity contribution >= 4 is 28.9 Å². The first kappa shape index (κ1) is 10.8. The first-order chi connectivity index (χ1) is 6.63. The number of aliphatic hydroxyl groups excluding tert-OH is 1. The van der Waals surface area contributed by atoms with Gasteiger partial charge in [0.1, 0.15) is 0 Å². The van der Waals surface area contributed by atoms with E-state index in [2.05, 4.69) is 5.32 Å². The number of carbonyl (C=O) groups excluding carboxylic acids is 1. The molecule has 1 amide bonds. The quantitative estimate of drug-likeness (QED) is 0.663. The molecular formula is C9H11ClN2O2. The monoisotopic (exact) mass is 214 g/mol. The smallest absolute Gasteiger partial charge is 0.226 e. The van der Waals surface area contributed by atoms with Crippen LogP contribution in [-0.2, 0) is 4.79 Å². The van der Waals surface area contributed by atoms with Crippen molar-refractivity contribution in [2.75, 3.05) is 17.7 Å². The third-order valence-corrected chi connectivity index (χ3v) is 1.92. The standard InChI is InChI=1S/C9H11ClN2O2/c10-7-5-6(11)1-2-8(7)12-9(14)3-4-13/h1-2,5,13H,3-4,11H2,(H,12,14). The summed E-state index contributed by atoms with van der Waals surface area (Å²) in [4.78, 5) is 11.1. The van der Waals surface area contributed by atoms with Crippen LogP contribution >= 0.6 is 11.6 Å². The van der Waals surface area contributed by atoms with Crippen LogP contribution in [0, 0.1) is 0 Å². The lowest BCUT2D eigenvalue weighted by Gasteiger charge is -2.06. The van der Waals surface area contributed by atoms with Gasteiger partial charge in [-0.3, -0.25) is 4.79 Å². The number of aliphatic hydroxyl groups is 1. The Hall–Kier alpha value is -1.26. The highest BCUT2D eigenvalue weighted by molar-refractivity contribution is 6.34. The summed E-state index contributed by atoms with van der Waals surface area (Å²) >= 11 is 5.82. The molecule has 0 aliphatic heterocycles. The van der Waals surface area contributed by atoms with Crippen LogP contribution in [0.15, 0.2) is 18.2 Å². The molecule has 0 spiro atoms. The summed E-state index contributed by atoms with van der Waals surface area (Å²) in [6.07, 6.45) is 0.0563. The van der Waals surface area contributed by atoms with Crippen molar-refractivity contribution in [3.8, 4) is 0 Å². The lowest BCUT2D eigenvalue weighted by molar-refractivity contribution is -0.116. The number of anilines is 2. The number of nitrogens with one attached hydrogen (secondary N) is 1. The summed E-state index contributed by atoms with van der Waals surface area (Å²) in [6, 6.07) is 4.81. The molecule has 0 fully saturated rings. The second-order valence-electron chi connectivity index (χ2n) is 2.76. The summed E-state index contributed by atoms with van der Waals surface area (Å²) in [7, 11) is 0. The normalized spacial score (nSPS) is 9.86. The van der Waals surface area contributed by atoms with Crippen LogP contribution in [0.2, 0.25) is 5.02 Å².